The van der Waals surface area contributed by atoms with Crippen LogP contribution in [-0.2, 0) is 66.5 Å². The van der Waals surface area contributed by atoms with Gasteiger partial charge in [-0.15, -0.1) is 0 Å². The fraction of sp³-hybridized carbons (Fsp3) is 0.507. The Bertz CT molecular complexity index is 4120. The minimum atomic E-state index is -1.87. The molecule has 4 aliphatic rings. The number of carbonyl (C=O) groups excluding carboxylic acids is 4. The van der Waals surface area contributed by atoms with E-state index in [0.29, 0.717) is 12.0 Å². The van der Waals surface area contributed by atoms with Crippen LogP contribution in [0, 0.1) is 5.92 Å². The van der Waals surface area contributed by atoms with Gasteiger partial charge in [0.1, 0.15) is 117 Å². The second-order valence-corrected chi connectivity index (χ2v) is 24.4. The van der Waals surface area contributed by atoms with Crippen LogP contribution in [0.3, 0.4) is 0 Å². The van der Waals surface area contributed by atoms with Gasteiger partial charge in [-0.3, -0.25) is 28.8 Å². The maximum atomic E-state index is 13.3. The molecule has 4 saturated heterocycles. The molecule has 4 aliphatic heterocycles. The zero-order chi connectivity index (χ0) is 76.0. The molecule has 35 nitrogen and oxygen atoms in total. The number of rotatable bonds is 22. The van der Waals surface area contributed by atoms with Gasteiger partial charge in [-0.05, 0) is 37.1 Å². The standard InChI is InChI=1S/C40H48O18.C29H34O17/c1-10-26-17(3)34(50-18(4)41)37(52-20(6)43)40(56-26)58-35-27(11-2)57-39(38(53-21(7)44)36(35)51-19(5)42)54-23-14-24(45)32-25(46)16-28(55-29(32)15-23)22-12-30(48-8)33(47)31(13-22)49-9;1-40-16-3-10(4-17(41-2)21(16)34)14-7-13(33)20-12(32)5-11(6-15(20)43-14)42-28-26(39)24(37)27(19(9-31)45-28)46-29-25(38)23(36)22(35)18(8-30)44-29/h12-17,26-27,34-40,45,47H,10-11H2,1-9H3;3-7,18-19,22-32,34-39H,8-9H2,1-2H3/t17-,26+,27+,34-,35+,36-,37+,38+,39+,40-;18-,19-,22+,23+,24-,25-,26-,27-,28-,29+/m01/s1. The lowest BCUT2D eigenvalue weighted by molar-refractivity contribution is -0.352. The number of methoxy groups -OCH3 is 4. The van der Waals surface area contributed by atoms with E-state index in [4.69, 9.17) is 84.6 Å². The molecule has 4 fully saturated rings. The molecular formula is C69H82O35. The zero-order valence-corrected chi connectivity index (χ0v) is 57.9. The number of phenols is 4. The Morgan fingerprint density at radius 2 is 0.798 bits per heavy atom. The number of esters is 4. The number of aliphatic hydroxyl groups excluding tert-OH is 7. The highest BCUT2D eigenvalue weighted by atomic mass is 16.8. The molecule has 4 aromatic carbocycles. The largest absolute Gasteiger partial charge is 0.507 e. The number of carbonyl (C=O) groups is 4. The fourth-order valence-corrected chi connectivity index (χ4v) is 12.5. The number of ether oxygens (including phenoxy) is 16. The smallest absolute Gasteiger partial charge is 0.303 e. The van der Waals surface area contributed by atoms with E-state index in [0.717, 1.165) is 38.1 Å². The van der Waals surface area contributed by atoms with Gasteiger partial charge in [0.2, 0.25) is 30.2 Å². The average molecular weight is 1470 g/mol. The van der Waals surface area contributed by atoms with Gasteiger partial charge in [0.25, 0.3) is 0 Å². The van der Waals surface area contributed by atoms with Crippen LogP contribution in [0.5, 0.6) is 57.5 Å². The van der Waals surface area contributed by atoms with Crippen LogP contribution in [0.25, 0.3) is 44.6 Å². The molecular weight excluding hydrogens is 1390 g/mol. The predicted molar refractivity (Wildman–Crippen MR) is 351 cm³/mol. The summed E-state index contributed by atoms with van der Waals surface area (Å²) in [7, 11) is 5.31. The second-order valence-electron chi connectivity index (χ2n) is 24.4. The highest BCUT2D eigenvalue weighted by molar-refractivity contribution is 5.87. The third kappa shape index (κ3) is 16.9. The van der Waals surface area contributed by atoms with E-state index in [9.17, 15) is 84.9 Å². The summed E-state index contributed by atoms with van der Waals surface area (Å²) >= 11 is 0. The summed E-state index contributed by atoms with van der Waals surface area (Å²) < 4.78 is 103. The summed E-state index contributed by atoms with van der Waals surface area (Å²) in [5.41, 5.74) is -0.963. The monoisotopic (exact) mass is 1470 g/mol. The number of aliphatic hydroxyl groups is 7. The average Bonchev–Trinajstić information content (AvgIpc) is 0.773. The summed E-state index contributed by atoms with van der Waals surface area (Å²) in [5.74, 6) is -5.11. The molecule has 6 aromatic rings. The van der Waals surface area contributed by atoms with Gasteiger partial charge in [-0.2, -0.15) is 0 Å². The van der Waals surface area contributed by atoms with Gasteiger partial charge in [0, 0.05) is 81.1 Å². The van der Waals surface area contributed by atoms with Crippen molar-refractivity contribution in [3.8, 4) is 80.1 Å². The Balaban J connectivity index is 0.000000248. The molecule has 568 valence electrons. The molecule has 104 heavy (non-hydrogen) atoms. The van der Waals surface area contributed by atoms with Crippen molar-refractivity contribution in [2.24, 2.45) is 5.92 Å². The molecule has 20 atom stereocenters. The minimum absolute atomic E-state index is 0.00329. The number of aromatic hydroxyl groups is 4. The quantitative estimate of drug-likeness (QED) is 0.0343. The van der Waals surface area contributed by atoms with E-state index >= 15 is 0 Å². The molecule has 11 N–H and O–H groups in total. The van der Waals surface area contributed by atoms with Crippen molar-refractivity contribution in [1.82, 2.24) is 0 Å². The predicted octanol–water partition coefficient (Wildman–Crippen LogP) is 2.18. The summed E-state index contributed by atoms with van der Waals surface area (Å²) in [5, 5.41) is 113. The molecule has 6 heterocycles. The van der Waals surface area contributed by atoms with Crippen molar-refractivity contribution in [3.63, 3.8) is 0 Å². The first-order valence-corrected chi connectivity index (χ1v) is 32.5. The lowest BCUT2D eigenvalue weighted by Crippen LogP contribution is -2.65. The topological polar surface area (TPSA) is 499 Å². The summed E-state index contributed by atoms with van der Waals surface area (Å²) in [6.45, 7) is 8.49. The van der Waals surface area contributed by atoms with Gasteiger partial charge in [-0.25, -0.2) is 0 Å². The molecule has 10 rings (SSSR count). The van der Waals surface area contributed by atoms with Crippen LogP contribution in [-0.4, -0.2) is 238 Å². The fourth-order valence-electron chi connectivity index (χ4n) is 12.5. The molecule has 0 saturated carbocycles. The van der Waals surface area contributed by atoms with Crippen LogP contribution in [0.4, 0.5) is 0 Å². The maximum absolute atomic E-state index is 13.3. The van der Waals surface area contributed by atoms with E-state index in [1.807, 2.05) is 6.92 Å². The van der Waals surface area contributed by atoms with E-state index in [2.05, 4.69) is 0 Å². The van der Waals surface area contributed by atoms with Crippen molar-refractivity contribution in [2.45, 2.75) is 178 Å². The summed E-state index contributed by atoms with van der Waals surface area (Å²) in [6, 6.07) is 12.6. The number of fused-ring (bicyclic) bond motifs is 2. The first-order chi connectivity index (χ1) is 49.4. The van der Waals surface area contributed by atoms with Crippen molar-refractivity contribution in [3.05, 3.63) is 81.1 Å². The Labute approximate surface area is 590 Å². The minimum Gasteiger partial charge on any atom is -0.507 e. The van der Waals surface area contributed by atoms with Crippen LogP contribution >= 0.6 is 0 Å². The number of hydrogen-bond donors (Lipinski definition) is 11. The molecule has 0 spiro atoms. The van der Waals surface area contributed by atoms with Crippen molar-refractivity contribution in [2.75, 3.05) is 41.7 Å². The lowest BCUT2D eigenvalue weighted by atomic mass is 9.88. The third-order valence-corrected chi connectivity index (χ3v) is 17.5. The second kappa shape index (κ2) is 33.6. The van der Waals surface area contributed by atoms with Gasteiger partial charge in [0.05, 0.1) is 53.9 Å². The molecule has 0 bridgehead atoms. The lowest BCUT2D eigenvalue weighted by Gasteiger charge is -2.48. The first kappa shape index (κ1) is 78.8. The van der Waals surface area contributed by atoms with Gasteiger partial charge in [-0.1, -0.05) is 20.8 Å². The van der Waals surface area contributed by atoms with Gasteiger partial charge < -0.3 is 141 Å². The molecule has 0 aliphatic carbocycles. The molecule has 0 unspecified atom stereocenters. The number of hydrogen-bond acceptors (Lipinski definition) is 35. The van der Waals surface area contributed by atoms with Crippen LogP contribution in [0.15, 0.2) is 79.1 Å². The Hall–Kier alpha value is -9.34. The summed E-state index contributed by atoms with van der Waals surface area (Å²) in [4.78, 5) is 76.1. The van der Waals surface area contributed by atoms with Gasteiger partial charge in [0.15, 0.2) is 58.6 Å². The Morgan fingerprint density at radius 3 is 1.23 bits per heavy atom. The van der Waals surface area contributed by atoms with Gasteiger partial charge >= 0.3 is 23.9 Å². The summed E-state index contributed by atoms with van der Waals surface area (Å²) in [6.07, 6.45) is -26.9. The van der Waals surface area contributed by atoms with E-state index in [1.54, 1.807) is 13.8 Å². The molecule has 0 amide bonds. The number of benzene rings is 4. The van der Waals surface area contributed by atoms with Crippen molar-refractivity contribution >= 4 is 45.8 Å². The third-order valence-electron chi connectivity index (χ3n) is 17.5. The first-order valence-electron chi connectivity index (χ1n) is 32.5. The molecule has 35 heteroatoms. The Morgan fingerprint density at radius 1 is 0.413 bits per heavy atom. The molecule has 2 aromatic heterocycles. The molecule has 0 radical (unpaired) electrons. The highest BCUT2D eigenvalue weighted by Crippen LogP contribution is 2.45. The van der Waals surface area contributed by atoms with Crippen LogP contribution in [0.1, 0.15) is 61.3 Å². The Kier molecular flexibility index (Phi) is 25.5. The van der Waals surface area contributed by atoms with Crippen molar-refractivity contribution in [1.29, 1.82) is 0 Å². The normalized spacial score (nSPS) is 28.9. The van der Waals surface area contributed by atoms with E-state index in [1.165, 1.54) is 78.7 Å². The van der Waals surface area contributed by atoms with E-state index < -0.39 is 182 Å². The highest BCUT2D eigenvalue weighted by Gasteiger charge is 2.56. The van der Waals surface area contributed by atoms with E-state index in [-0.39, 0.29) is 91.4 Å². The van der Waals surface area contributed by atoms with Crippen LogP contribution in [0.2, 0.25) is 0 Å². The van der Waals surface area contributed by atoms with Crippen LogP contribution < -0.4 is 39.3 Å². The zero-order valence-electron chi connectivity index (χ0n) is 57.9. The SMILES string of the molecule is CC[C@H]1O[C@@H](O[C@H]2[C@H](OC(C)=O)[C@@H](OC(C)=O)[C@H](Oc3cc(O)c4c(=O)cc(-c5cc(OC)c(O)c(OC)c5)oc4c3)O[C@@H]2CC)[C@H](OC(C)=O)[C@@H](OC(C)=O)[C@H]1C.COc1cc(-c2cc(=O)c3c(O)cc(O[C@@H]4O[C@H](CO)[C@@H](O[C@@H]5O[C@H](CO)[C@H](O)[C@H](O)[C@H]5O)[C@H](O)[C@H]4O)cc3o2)cc(OC)c1O. The van der Waals surface area contributed by atoms with Crippen molar-refractivity contribution < 1.29 is 160 Å². The maximum Gasteiger partial charge on any atom is 0.303 e. The number of phenolic OH excluding ortho intramolecular Hbond substituents is 4.